The third-order valence-electron chi connectivity index (χ3n) is 1.65. The highest BCUT2D eigenvalue weighted by molar-refractivity contribution is 6.33. The summed E-state index contributed by atoms with van der Waals surface area (Å²) in [7, 11) is 0. The van der Waals surface area contributed by atoms with Crippen molar-refractivity contribution in [3.05, 3.63) is 23.2 Å². The van der Waals surface area contributed by atoms with E-state index in [-0.39, 0.29) is 0 Å². The van der Waals surface area contributed by atoms with Crippen molar-refractivity contribution < 1.29 is 0 Å². The van der Waals surface area contributed by atoms with Crippen LogP contribution in [0.1, 0.15) is 6.92 Å². The molecule has 1 aromatic carbocycles. The maximum Gasteiger partial charge on any atom is 0.0933 e. The monoisotopic (exact) mass is 185 g/mol. The van der Waals surface area contributed by atoms with Crippen molar-refractivity contribution >= 4 is 23.0 Å². The molecule has 0 heterocycles. The zero-order chi connectivity index (χ0) is 9.14. The molecule has 66 valence electrons. The van der Waals surface area contributed by atoms with E-state index in [4.69, 9.17) is 23.2 Å². The van der Waals surface area contributed by atoms with Gasteiger partial charge in [0, 0.05) is 6.54 Å². The van der Waals surface area contributed by atoms with Crippen LogP contribution in [0.15, 0.2) is 18.2 Å². The van der Waals surface area contributed by atoms with Gasteiger partial charge in [-0.2, -0.15) is 0 Å². The van der Waals surface area contributed by atoms with Gasteiger partial charge in [0.05, 0.1) is 16.4 Å². The summed E-state index contributed by atoms with van der Waals surface area (Å²) in [6, 6.07) is 5.34. The number of nitrogens with zero attached hydrogens (tertiary/aromatic N) is 1. The van der Waals surface area contributed by atoms with E-state index in [1.165, 1.54) is 5.01 Å². The van der Waals surface area contributed by atoms with Gasteiger partial charge >= 0.3 is 0 Å². The molecule has 0 aliphatic rings. The zero-order valence-electron chi connectivity index (χ0n) is 6.92. The van der Waals surface area contributed by atoms with Crippen molar-refractivity contribution in [3.8, 4) is 0 Å². The summed E-state index contributed by atoms with van der Waals surface area (Å²) in [5.74, 6) is 5.66. The molecule has 0 aliphatic heterocycles. The van der Waals surface area contributed by atoms with Crippen LogP contribution in [-0.4, -0.2) is 6.54 Å². The van der Waals surface area contributed by atoms with Gasteiger partial charge in [-0.3, -0.25) is 0 Å². The molecule has 4 heteroatoms. The molecule has 1 rings (SSSR count). The molecule has 4 N–H and O–H groups in total. The largest absolute Gasteiger partial charge is 0.397 e. The molecule has 0 saturated carbocycles. The van der Waals surface area contributed by atoms with Gasteiger partial charge in [0.15, 0.2) is 0 Å². The highest BCUT2D eigenvalue weighted by Crippen LogP contribution is 2.29. The Hall–Kier alpha value is -0.930. The molecule has 3 nitrogen and oxygen atoms in total. The Balaban J connectivity index is 3.12. The van der Waals surface area contributed by atoms with Crippen LogP contribution in [0.25, 0.3) is 0 Å². The maximum atomic E-state index is 5.90. The van der Waals surface area contributed by atoms with E-state index in [2.05, 4.69) is 0 Å². The van der Waals surface area contributed by atoms with Gasteiger partial charge in [-0.05, 0) is 19.1 Å². The van der Waals surface area contributed by atoms with E-state index in [9.17, 15) is 0 Å². The Bertz CT molecular complexity index is 255. The first kappa shape index (κ1) is 9.16. The lowest BCUT2D eigenvalue weighted by molar-refractivity contribution is 0.894. The molecule has 0 radical (unpaired) electrons. The third-order valence-corrected chi connectivity index (χ3v) is 1.95. The number of nitrogens with two attached hydrogens (primary N) is 2. The Morgan fingerprint density at radius 3 is 2.67 bits per heavy atom. The fourth-order valence-corrected chi connectivity index (χ4v) is 1.28. The first-order valence-corrected chi connectivity index (χ1v) is 4.10. The van der Waals surface area contributed by atoms with E-state index in [1.807, 2.05) is 6.92 Å². The first-order valence-electron chi connectivity index (χ1n) is 3.73. The number of rotatable bonds is 2. The molecule has 0 aromatic heterocycles. The Kier molecular flexibility index (Phi) is 2.78. The summed E-state index contributed by atoms with van der Waals surface area (Å²) in [4.78, 5) is 0. The number of anilines is 2. The molecule has 0 saturated heterocycles. The fourth-order valence-electron chi connectivity index (χ4n) is 0.993. The highest BCUT2D eigenvalue weighted by Gasteiger charge is 2.07. The van der Waals surface area contributed by atoms with Crippen LogP contribution in [0.4, 0.5) is 11.4 Å². The summed E-state index contributed by atoms with van der Waals surface area (Å²) in [6.45, 7) is 2.61. The van der Waals surface area contributed by atoms with Gasteiger partial charge in [0.25, 0.3) is 0 Å². The minimum Gasteiger partial charge on any atom is -0.397 e. The molecular formula is C8H12ClN3. The normalized spacial score (nSPS) is 9.92. The Labute approximate surface area is 76.9 Å². The first-order chi connectivity index (χ1) is 5.66. The lowest BCUT2D eigenvalue weighted by Crippen LogP contribution is -2.31. The van der Waals surface area contributed by atoms with Gasteiger partial charge < -0.3 is 10.7 Å². The van der Waals surface area contributed by atoms with Gasteiger partial charge in [0.1, 0.15) is 0 Å². The van der Waals surface area contributed by atoms with E-state index in [0.717, 1.165) is 0 Å². The molecule has 0 aliphatic carbocycles. The standard InChI is InChI=1S/C8H12ClN3/c1-2-12(11)8-6(9)4-3-5-7(8)10/h3-5H,2,10-11H2,1H3. The average molecular weight is 186 g/mol. The van der Waals surface area contributed by atoms with E-state index >= 15 is 0 Å². The van der Waals surface area contributed by atoms with Crippen LogP contribution in [0, 0.1) is 0 Å². The van der Waals surface area contributed by atoms with Crippen molar-refractivity contribution in [1.82, 2.24) is 0 Å². The molecular weight excluding hydrogens is 174 g/mol. The predicted molar refractivity (Wildman–Crippen MR) is 53.1 cm³/mol. The van der Waals surface area contributed by atoms with Gasteiger partial charge in [0.2, 0.25) is 0 Å². The van der Waals surface area contributed by atoms with Crippen LogP contribution in [0.2, 0.25) is 5.02 Å². The van der Waals surface area contributed by atoms with Crippen LogP contribution in [0.5, 0.6) is 0 Å². The molecule has 0 bridgehead atoms. The van der Waals surface area contributed by atoms with Crippen molar-refractivity contribution in [2.75, 3.05) is 17.3 Å². The van der Waals surface area contributed by atoms with Crippen LogP contribution >= 0.6 is 11.6 Å². The second-order valence-corrected chi connectivity index (χ2v) is 2.87. The summed E-state index contributed by atoms with van der Waals surface area (Å²) in [6.07, 6.45) is 0. The second-order valence-electron chi connectivity index (χ2n) is 2.46. The smallest absolute Gasteiger partial charge is 0.0933 e. The topological polar surface area (TPSA) is 55.3 Å². The molecule has 0 amide bonds. The Morgan fingerprint density at radius 1 is 1.50 bits per heavy atom. The van der Waals surface area contributed by atoms with E-state index < -0.39 is 0 Å². The average Bonchev–Trinajstić information content (AvgIpc) is 2.03. The lowest BCUT2D eigenvalue weighted by Gasteiger charge is -2.19. The zero-order valence-corrected chi connectivity index (χ0v) is 7.67. The van der Waals surface area contributed by atoms with Crippen molar-refractivity contribution in [3.63, 3.8) is 0 Å². The summed E-state index contributed by atoms with van der Waals surface area (Å²) in [5.41, 5.74) is 6.99. The van der Waals surface area contributed by atoms with Crippen molar-refractivity contribution in [2.24, 2.45) is 5.84 Å². The maximum absolute atomic E-state index is 5.90. The van der Waals surface area contributed by atoms with Gasteiger partial charge in [-0.15, -0.1) is 0 Å². The molecule has 12 heavy (non-hydrogen) atoms. The quantitative estimate of drug-likeness (QED) is 0.418. The number of hydrogen-bond donors (Lipinski definition) is 2. The van der Waals surface area contributed by atoms with Gasteiger partial charge in [-0.1, -0.05) is 17.7 Å². The molecule has 1 aromatic rings. The highest BCUT2D eigenvalue weighted by atomic mass is 35.5. The van der Waals surface area contributed by atoms with Gasteiger partial charge in [-0.25, -0.2) is 5.84 Å². The number of benzene rings is 1. The summed E-state index contributed by atoms with van der Waals surface area (Å²) in [5, 5.41) is 2.11. The predicted octanol–water partition coefficient (Wildman–Crippen LogP) is 1.62. The van der Waals surface area contributed by atoms with Crippen LogP contribution in [0.3, 0.4) is 0 Å². The van der Waals surface area contributed by atoms with E-state index in [0.29, 0.717) is 22.9 Å². The van der Waals surface area contributed by atoms with Crippen molar-refractivity contribution in [1.29, 1.82) is 0 Å². The number of para-hydroxylation sites is 1. The van der Waals surface area contributed by atoms with E-state index in [1.54, 1.807) is 18.2 Å². The molecule has 0 atom stereocenters. The lowest BCUT2D eigenvalue weighted by atomic mass is 10.2. The summed E-state index contributed by atoms with van der Waals surface area (Å²) < 4.78 is 0. The second kappa shape index (κ2) is 3.65. The van der Waals surface area contributed by atoms with Crippen LogP contribution in [-0.2, 0) is 0 Å². The SMILES string of the molecule is CCN(N)c1c(N)cccc1Cl. The minimum atomic E-state index is 0.583. The number of hydrogen-bond acceptors (Lipinski definition) is 3. The third kappa shape index (κ3) is 1.62. The number of nitrogen functional groups attached to an aromatic ring is 1. The van der Waals surface area contributed by atoms with Crippen molar-refractivity contribution in [2.45, 2.75) is 6.92 Å². The minimum absolute atomic E-state index is 0.583. The molecule has 0 fully saturated rings. The Morgan fingerprint density at radius 2 is 2.17 bits per heavy atom. The summed E-state index contributed by atoms with van der Waals surface area (Å²) >= 11 is 5.90. The molecule has 0 spiro atoms. The van der Waals surface area contributed by atoms with Crippen LogP contribution < -0.4 is 16.6 Å². The fraction of sp³-hybridized carbons (Fsp3) is 0.250. The number of halogens is 1. The number of hydrazine groups is 1. The molecule has 0 unspecified atom stereocenters.